The van der Waals surface area contributed by atoms with E-state index in [0.29, 0.717) is 12.0 Å². The minimum absolute atomic E-state index is 0.449. The summed E-state index contributed by atoms with van der Waals surface area (Å²) in [6.07, 6.45) is 1.55. The van der Waals surface area contributed by atoms with E-state index in [9.17, 15) is 10.2 Å². The van der Waals surface area contributed by atoms with E-state index in [0.717, 1.165) is 6.42 Å². The molecule has 0 aromatic heterocycles. The molecule has 14 heavy (non-hydrogen) atoms. The first-order valence-electron chi connectivity index (χ1n) is 4.77. The lowest BCUT2D eigenvalue weighted by atomic mass is 10.00. The molecule has 0 amide bonds. The maximum Gasteiger partial charge on any atom is 0.201 e. The normalized spacial score (nSPS) is 14.0. The Labute approximate surface area is 90.0 Å². The lowest BCUT2D eigenvalue weighted by molar-refractivity contribution is -0.169. The third-order valence-electron chi connectivity index (χ3n) is 2.23. The average Bonchev–Trinajstić information content (AvgIpc) is 2.19. The van der Waals surface area contributed by atoms with E-state index in [1.807, 2.05) is 13.0 Å². The van der Waals surface area contributed by atoms with Crippen molar-refractivity contribution in [3.05, 3.63) is 35.9 Å². The Kier molecular flexibility index (Phi) is 3.98. The van der Waals surface area contributed by atoms with E-state index >= 15 is 0 Å². The summed E-state index contributed by atoms with van der Waals surface area (Å²) in [6, 6.07) is 8.79. The maximum absolute atomic E-state index is 9.86. The summed E-state index contributed by atoms with van der Waals surface area (Å²) in [7, 11) is 0. The largest absolute Gasteiger partial charge is 0.361 e. The Morgan fingerprint density at radius 1 is 1.29 bits per heavy atom. The van der Waals surface area contributed by atoms with Crippen molar-refractivity contribution >= 4 is 12.6 Å². The number of hydrogen-bond acceptors (Lipinski definition) is 3. The highest BCUT2D eigenvalue weighted by atomic mass is 32.1. The zero-order chi connectivity index (χ0) is 10.6. The van der Waals surface area contributed by atoms with Crippen molar-refractivity contribution in [2.75, 3.05) is 0 Å². The molecule has 0 aliphatic heterocycles. The van der Waals surface area contributed by atoms with Gasteiger partial charge in [-0.05, 0) is 6.42 Å². The Hall–Kier alpha value is -0.510. The smallest absolute Gasteiger partial charge is 0.201 e. The monoisotopic (exact) mass is 212 g/mol. The van der Waals surface area contributed by atoms with Crippen LogP contribution in [0.4, 0.5) is 0 Å². The maximum atomic E-state index is 9.86. The predicted octanol–water partition coefficient (Wildman–Crippen LogP) is 1.92. The van der Waals surface area contributed by atoms with Crippen molar-refractivity contribution < 1.29 is 10.2 Å². The first kappa shape index (κ1) is 11.6. The molecule has 1 aromatic carbocycles. The van der Waals surface area contributed by atoms with Crippen molar-refractivity contribution in [2.24, 2.45) is 0 Å². The molecule has 3 heteroatoms. The summed E-state index contributed by atoms with van der Waals surface area (Å²) in [5.74, 6) is -1.83. The van der Waals surface area contributed by atoms with Gasteiger partial charge in [0.05, 0.1) is 5.25 Å². The van der Waals surface area contributed by atoms with Gasteiger partial charge >= 0.3 is 0 Å². The molecule has 0 fully saturated rings. The van der Waals surface area contributed by atoms with Gasteiger partial charge in [0.1, 0.15) is 0 Å². The highest BCUT2D eigenvalue weighted by Gasteiger charge is 2.32. The molecule has 1 atom stereocenters. The summed E-state index contributed by atoms with van der Waals surface area (Å²) in [6.45, 7) is 1.99. The van der Waals surface area contributed by atoms with Gasteiger partial charge < -0.3 is 10.2 Å². The molecule has 0 saturated heterocycles. The second-order valence-electron chi connectivity index (χ2n) is 3.40. The van der Waals surface area contributed by atoms with Gasteiger partial charge in [0, 0.05) is 5.56 Å². The number of thiol groups is 1. The van der Waals surface area contributed by atoms with Crippen LogP contribution in [0.15, 0.2) is 30.3 Å². The highest BCUT2D eigenvalue weighted by molar-refractivity contribution is 7.81. The molecular weight excluding hydrogens is 196 g/mol. The van der Waals surface area contributed by atoms with Crippen LogP contribution in [-0.4, -0.2) is 15.5 Å². The minimum Gasteiger partial charge on any atom is -0.361 e. The third kappa shape index (κ3) is 2.50. The fraction of sp³-hybridized carbons (Fsp3) is 0.455. The Morgan fingerprint density at radius 3 is 2.36 bits per heavy atom. The first-order valence-corrected chi connectivity index (χ1v) is 5.29. The van der Waals surface area contributed by atoms with Crippen LogP contribution in [0.2, 0.25) is 0 Å². The van der Waals surface area contributed by atoms with Crippen molar-refractivity contribution in [3.63, 3.8) is 0 Å². The molecule has 0 aliphatic carbocycles. The molecule has 1 aromatic rings. The molecule has 0 bridgehead atoms. The van der Waals surface area contributed by atoms with Gasteiger partial charge in [-0.3, -0.25) is 0 Å². The van der Waals surface area contributed by atoms with Crippen LogP contribution in [0.5, 0.6) is 0 Å². The van der Waals surface area contributed by atoms with Crippen LogP contribution < -0.4 is 0 Å². The van der Waals surface area contributed by atoms with Crippen molar-refractivity contribution in [3.8, 4) is 0 Å². The van der Waals surface area contributed by atoms with Gasteiger partial charge in [0.25, 0.3) is 0 Å². The molecule has 0 aliphatic rings. The van der Waals surface area contributed by atoms with Gasteiger partial charge in [-0.15, -0.1) is 0 Å². The molecule has 0 saturated carbocycles. The summed E-state index contributed by atoms with van der Waals surface area (Å²) >= 11 is 4.20. The summed E-state index contributed by atoms with van der Waals surface area (Å²) in [4.78, 5) is 0. The third-order valence-corrected chi connectivity index (χ3v) is 2.84. The van der Waals surface area contributed by atoms with E-state index in [2.05, 4.69) is 12.6 Å². The zero-order valence-electron chi connectivity index (χ0n) is 8.22. The lowest BCUT2D eigenvalue weighted by Crippen LogP contribution is -2.35. The Bertz CT molecular complexity index is 272. The van der Waals surface area contributed by atoms with Crippen LogP contribution in [0.1, 0.15) is 25.3 Å². The van der Waals surface area contributed by atoms with Gasteiger partial charge in [0.15, 0.2) is 0 Å². The fourth-order valence-electron chi connectivity index (χ4n) is 1.35. The zero-order valence-corrected chi connectivity index (χ0v) is 9.11. The van der Waals surface area contributed by atoms with Gasteiger partial charge in [-0.25, -0.2) is 0 Å². The topological polar surface area (TPSA) is 40.5 Å². The van der Waals surface area contributed by atoms with Crippen molar-refractivity contribution in [2.45, 2.75) is 30.8 Å². The van der Waals surface area contributed by atoms with E-state index in [1.54, 1.807) is 24.3 Å². The van der Waals surface area contributed by atoms with Gasteiger partial charge in [-0.1, -0.05) is 43.7 Å². The fourth-order valence-corrected chi connectivity index (χ4v) is 1.76. The van der Waals surface area contributed by atoms with Crippen molar-refractivity contribution in [1.29, 1.82) is 0 Å². The molecule has 2 nitrogen and oxygen atoms in total. The number of benzene rings is 1. The van der Waals surface area contributed by atoms with Crippen molar-refractivity contribution in [1.82, 2.24) is 0 Å². The van der Waals surface area contributed by atoms with E-state index in [1.165, 1.54) is 0 Å². The van der Waals surface area contributed by atoms with Crippen LogP contribution in [0.25, 0.3) is 0 Å². The molecule has 0 radical (unpaired) electrons. The quantitative estimate of drug-likeness (QED) is 0.527. The van der Waals surface area contributed by atoms with E-state index < -0.39 is 11.0 Å². The Morgan fingerprint density at radius 2 is 1.86 bits per heavy atom. The molecule has 0 heterocycles. The molecule has 1 unspecified atom stereocenters. The SMILES string of the molecule is CCCC(S)C(O)(O)c1ccccc1. The highest BCUT2D eigenvalue weighted by Crippen LogP contribution is 2.28. The van der Waals surface area contributed by atoms with Gasteiger partial charge in [0.2, 0.25) is 5.79 Å². The summed E-state index contributed by atoms with van der Waals surface area (Å²) < 4.78 is 0. The number of aliphatic hydroxyl groups is 2. The minimum atomic E-state index is -1.83. The van der Waals surface area contributed by atoms with E-state index in [4.69, 9.17) is 0 Å². The summed E-state index contributed by atoms with van der Waals surface area (Å²) in [5, 5.41) is 19.3. The Balaban J connectivity index is 2.84. The number of rotatable bonds is 4. The van der Waals surface area contributed by atoms with Crippen LogP contribution in [-0.2, 0) is 5.79 Å². The molecule has 78 valence electrons. The first-order chi connectivity index (χ1) is 6.59. The van der Waals surface area contributed by atoms with Gasteiger partial charge in [-0.2, -0.15) is 12.6 Å². The molecule has 0 spiro atoms. The van der Waals surface area contributed by atoms with Crippen LogP contribution in [0, 0.1) is 0 Å². The lowest BCUT2D eigenvalue weighted by Gasteiger charge is -2.28. The second-order valence-corrected chi connectivity index (χ2v) is 4.02. The second kappa shape index (κ2) is 4.82. The van der Waals surface area contributed by atoms with E-state index in [-0.39, 0.29) is 0 Å². The molecule has 1 rings (SSSR count). The number of hydrogen-bond donors (Lipinski definition) is 3. The summed E-state index contributed by atoms with van der Waals surface area (Å²) in [5.41, 5.74) is 0.494. The van der Waals surface area contributed by atoms with Crippen LogP contribution >= 0.6 is 12.6 Å². The average molecular weight is 212 g/mol. The molecular formula is C11H16O2S. The predicted molar refractivity (Wildman–Crippen MR) is 60.2 cm³/mol. The van der Waals surface area contributed by atoms with Crippen LogP contribution in [0.3, 0.4) is 0 Å². The standard InChI is InChI=1S/C11H16O2S/c1-2-6-10(14)11(12,13)9-7-4-3-5-8-9/h3-5,7-8,10,12-14H,2,6H2,1H3. The molecule has 2 N–H and O–H groups in total.